The number of para-hydroxylation sites is 2. The lowest BCUT2D eigenvalue weighted by Gasteiger charge is -2.22. The Morgan fingerprint density at radius 1 is 0.571 bits per heavy atom. The standard InChI is InChI=1S/C30H47O2PS2/c1-3-5-7-9-11-13-15-21-27-23-17-19-25-29(27)31-33(34,35)32-30-26-20-18-24-28(30)22-16-14-12-10-8-6-4-2/h17-20,23-26H,3-16,21-22H2,1-2H3,(H,34,35). The Bertz CT molecular complexity index is 803. The van der Waals surface area contributed by atoms with Crippen molar-refractivity contribution < 1.29 is 9.05 Å². The molecule has 0 atom stereocenters. The van der Waals surface area contributed by atoms with E-state index in [4.69, 9.17) is 33.1 Å². The number of rotatable bonds is 20. The first kappa shape index (κ1) is 30.3. The monoisotopic (exact) mass is 534 g/mol. The molecule has 2 aromatic carbocycles. The molecular weight excluding hydrogens is 487 g/mol. The SMILES string of the molecule is CCCCCCCCCc1ccccc1OP(=S)(S)Oc1ccccc1CCCCCCCCC. The van der Waals surface area contributed by atoms with Crippen LogP contribution in [-0.4, -0.2) is 0 Å². The summed E-state index contributed by atoms with van der Waals surface area (Å²) in [5.41, 5.74) is -0.381. The topological polar surface area (TPSA) is 18.5 Å². The molecule has 0 fully saturated rings. The quantitative estimate of drug-likeness (QED) is 0.103. The highest BCUT2D eigenvalue weighted by atomic mass is 32.9. The van der Waals surface area contributed by atoms with Crippen LogP contribution in [0.2, 0.25) is 0 Å². The van der Waals surface area contributed by atoms with E-state index in [1.54, 1.807) is 0 Å². The summed E-state index contributed by atoms with van der Waals surface area (Å²) in [6, 6.07) is 16.4. The summed E-state index contributed by atoms with van der Waals surface area (Å²) < 4.78 is 12.5. The zero-order valence-electron chi connectivity index (χ0n) is 22.1. The number of unbranched alkanes of at least 4 members (excludes halogenated alkanes) is 12. The Labute approximate surface area is 225 Å². The van der Waals surface area contributed by atoms with Crippen molar-refractivity contribution in [1.29, 1.82) is 0 Å². The van der Waals surface area contributed by atoms with E-state index in [1.807, 2.05) is 24.3 Å². The van der Waals surface area contributed by atoms with Crippen LogP contribution in [0.4, 0.5) is 0 Å². The lowest BCUT2D eigenvalue weighted by Crippen LogP contribution is -2.00. The lowest BCUT2D eigenvalue weighted by atomic mass is 10.0. The van der Waals surface area contributed by atoms with E-state index in [2.05, 4.69) is 38.1 Å². The molecule has 0 aliphatic heterocycles. The normalized spacial score (nSPS) is 11.5. The molecule has 0 spiro atoms. The Morgan fingerprint density at radius 2 is 0.914 bits per heavy atom. The van der Waals surface area contributed by atoms with E-state index < -0.39 is 5.69 Å². The Kier molecular flexibility index (Phi) is 15.8. The Hall–Kier alpha value is -0.960. The zero-order chi connectivity index (χ0) is 25.2. The molecule has 2 aromatic rings. The van der Waals surface area contributed by atoms with Gasteiger partial charge >= 0.3 is 5.69 Å². The minimum absolute atomic E-state index is 0.821. The third-order valence-electron chi connectivity index (χ3n) is 6.47. The van der Waals surface area contributed by atoms with Crippen LogP contribution in [0.15, 0.2) is 48.5 Å². The fourth-order valence-corrected chi connectivity index (χ4v) is 6.31. The summed E-state index contributed by atoms with van der Waals surface area (Å²) in [5, 5.41) is 0. The maximum atomic E-state index is 6.25. The first-order valence-electron chi connectivity index (χ1n) is 13.9. The summed E-state index contributed by atoms with van der Waals surface area (Å²) in [7, 11) is 0. The fourth-order valence-electron chi connectivity index (χ4n) is 4.41. The molecule has 196 valence electrons. The second kappa shape index (κ2) is 18.3. The van der Waals surface area contributed by atoms with Crippen LogP contribution in [0, 0.1) is 0 Å². The molecule has 0 aromatic heterocycles. The smallest absolute Gasteiger partial charge is 0.345 e. The maximum Gasteiger partial charge on any atom is 0.345 e. The molecule has 0 bridgehead atoms. The number of benzene rings is 2. The number of thiol groups is 1. The van der Waals surface area contributed by atoms with Crippen LogP contribution < -0.4 is 9.05 Å². The molecule has 5 heteroatoms. The Balaban J connectivity index is 1.86. The molecule has 0 radical (unpaired) electrons. The molecule has 2 nitrogen and oxygen atoms in total. The molecule has 0 aliphatic rings. The van der Waals surface area contributed by atoms with Gasteiger partial charge in [0, 0.05) is 0 Å². The summed E-state index contributed by atoms with van der Waals surface area (Å²) >= 11 is 10.4. The molecule has 0 unspecified atom stereocenters. The predicted molar refractivity (Wildman–Crippen MR) is 161 cm³/mol. The minimum Gasteiger partial charge on any atom is -0.428 e. The molecular formula is C30H47O2PS2. The molecule has 0 heterocycles. The van der Waals surface area contributed by atoms with Crippen molar-refractivity contribution in [3.63, 3.8) is 0 Å². The van der Waals surface area contributed by atoms with E-state index in [1.165, 1.54) is 101 Å². The van der Waals surface area contributed by atoms with Gasteiger partial charge in [-0.15, -0.1) is 0 Å². The second-order valence-electron chi connectivity index (χ2n) is 9.61. The molecule has 0 saturated carbocycles. The highest BCUT2D eigenvalue weighted by molar-refractivity contribution is 8.60. The van der Waals surface area contributed by atoms with Crippen LogP contribution in [0.3, 0.4) is 0 Å². The first-order chi connectivity index (χ1) is 17.1. The summed E-state index contributed by atoms with van der Waals surface area (Å²) in [4.78, 5) is 0. The molecule has 0 saturated heterocycles. The average Bonchev–Trinajstić information content (AvgIpc) is 2.84. The van der Waals surface area contributed by atoms with Gasteiger partial charge in [0.2, 0.25) is 0 Å². The van der Waals surface area contributed by atoms with E-state index >= 15 is 0 Å². The molecule has 0 N–H and O–H groups in total. The fraction of sp³-hybridized carbons (Fsp3) is 0.600. The van der Waals surface area contributed by atoms with Crippen molar-refractivity contribution in [1.82, 2.24) is 0 Å². The van der Waals surface area contributed by atoms with Gasteiger partial charge in [-0.1, -0.05) is 140 Å². The first-order valence-corrected chi connectivity index (χ1v) is 17.7. The van der Waals surface area contributed by atoms with Gasteiger partial charge in [-0.05, 0) is 60.7 Å². The highest BCUT2D eigenvalue weighted by Gasteiger charge is 2.20. The van der Waals surface area contributed by atoms with E-state index in [0.29, 0.717) is 0 Å². The number of hydrogen-bond donors (Lipinski definition) is 1. The molecule has 0 amide bonds. The number of aryl methyl sites for hydroxylation is 2. The van der Waals surface area contributed by atoms with Crippen LogP contribution in [-0.2, 0) is 24.6 Å². The third-order valence-corrected chi connectivity index (χ3v) is 8.26. The van der Waals surface area contributed by atoms with Crippen molar-refractivity contribution in [2.75, 3.05) is 0 Å². The van der Waals surface area contributed by atoms with E-state index in [0.717, 1.165) is 24.3 Å². The van der Waals surface area contributed by atoms with Crippen molar-refractivity contribution >= 4 is 29.7 Å². The van der Waals surface area contributed by atoms with Gasteiger partial charge in [-0.3, -0.25) is 0 Å². The average molecular weight is 535 g/mol. The van der Waals surface area contributed by atoms with E-state index in [9.17, 15) is 0 Å². The van der Waals surface area contributed by atoms with Crippen molar-refractivity contribution in [2.24, 2.45) is 0 Å². The van der Waals surface area contributed by atoms with Gasteiger partial charge in [-0.25, -0.2) is 0 Å². The number of hydrogen-bond acceptors (Lipinski definition) is 3. The molecule has 35 heavy (non-hydrogen) atoms. The highest BCUT2D eigenvalue weighted by Crippen LogP contribution is 2.54. The largest absolute Gasteiger partial charge is 0.428 e. The zero-order valence-corrected chi connectivity index (χ0v) is 24.7. The van der Waals surface area contributed by atoms with Crippen LogP contribution in [0.5, 0.6) is 11.5 Å². The third kappa shape index (κ3) is 13.2. The van der Waals surface area contributed by atoms with Gasteiger partial charge in [0.15, 0.2) is 0 Å². The predicted octanol–water partition coefficient (Wildman–Crippen LogP) is 10.9. The van der Waals surface area contributed by atoms with Crippen LogP contribution in [0.25, 0.3) is 0 Å². The molecule has 2 rings (SSSR count). The van der Waals surface area contributed by atoms with Gasteiger partial charge in [0.25, 0.3) is 0 Å². The summed E-state index contributed by atoms with van der Waals surface area (Å²) in [5.74, 6) is 1.64. The second-order valence-corrected chi connectivity index (χ2v) is 14.7. The summed E-state index contributed by atoms with van der Waals surface area (Å²) in [6.45, 7) is 4.53. The maximum absolute atomic E-state index is 6.25. The molecule has 0 aliphatic carbocycles. The van der Waals surface area contributed by atoms with Crippen molar-refractivity contribution in [2.45, 2.75) is 117 Å². The van der Waals surface area contributed by atoms with Gasteiger partial charge in [0.05, 0.1) is 0 Å². The minimum atomic E-state index is -2.78. The van der Waals surface area contributed by atoms with Crippen LogP contribution >= 0.6 is 17.9 Å². The van der Waals surface area contributed by atoms with E-state index in [-0.39, 0.29) is 0 Å². The van der Waals surface area contributed by atoms with Crippen molar-refractivity contribution in [3.05, 3.63) is 59.7 Å². The lowest BCUT2D eigenvalue weighted by molar-refractivity contribution is 0.496. The van der Waals surface area contributed by atoms with Crippen molar-refractivity contribution in [3.8, 4) is 11.5 Å². The van der Waals surface area contributed by atoms with Crippen LogP contribution in [0.1, 0.15) is 115 Å². The Morgan fingerprint density at radius 3 is 1.31 bits per heavy atom. The van der Waals surface area contributed by atoms with Gasteiger partial charge in [0.1, 0.15) is 11.5 Å². The van der Waals surface area contributed by atoms with Gasteiger partial charge < -0.3 is 9.05 Å². The van der Waals surface area contributed by atoms with Gasteiger partial charge in [-0.2, -0.15) is 0 Å². The summed E-state index contributed by atoms with van der Waals surface area (Å²) in [6.07, 6.45) is 20.2.